The zero-order valence-corrected chi connectivity index (χ0v) is 18.4. The van der Waals surface area contributed by atoms with Gasteiger partial charge in [-0.15, -0.1) is 0 Å². The van der Waals surface area contributed by atoms with Gasteiger partial charge in [0.25, 0.3) is 0 Å². The van der Waals surface area contributed by atoms with Crippen molar-refractivity contribution in [3.05, 3.63) is 41.1 Å². The highest BCUT2D eigenvalue weighted by atomic mass is 32.1. The summed E-state index contributed by atoms with van der Waals surface area (Å²) in [5.41, 5.74) is 1.39. The molecule has 0 spiro atoms. The molecule has 2 aromatic heterocycles. The van der Waals surface area contributed by atoms with Crippen LogP contribution in [0, 0.1) is 5.92 Å². The Balaban J connectivity index is 1.67. The molecule has 7 heteroatoms. The minimum absolute atomic E-state index is 0.367. The summed E-state index contributed by atoms with van der Waals surface area (Å²) in [7, 11) is 1.89. The minimum atomic E-state index is 0.367. The predicted molar refractivity (Wildman–Crippen MR) is 118 cm³/mol. The lowest BCUT2D eigenvalue weighted by atomic mass is 9.93. The molecule has 0 aliphatic carbocycles. The Bertz CT molecular complexity index is 707. The lowest BCUT2D eigenvalue weighted by Gasteiger charge is -2.40. The van der Waals surface area contributed by atoms with Crippen molar-refractivity contribution in [1.29, 1.82) is 0 Å². The summed E-state index contributed by atoms with van der Waals surface area (Å²) in [6.07, 6.45) is 7.05. The fourth-order valence-electron chi connectivity index (χ4n) is 4.20. The predicted octanol–water partition coefficient (Wildman–Crippen LogP) is 3.49. The van der Waals surface area contributed by atoms with Crippen molar-refractivity contribution in [2.45, 2.75) is 39.3 Å². The molecule has 0 saturated carbocycles. The molecule has 28 heavy (non-hydrogen) atoms. The second-order valence-electron chi connectivity index (χ2n) is 7.51. The van der Waals surface area contributed by atoms with E-state index in [0.717, 1.165) is 45.1 Å². The van der Waals surface area contributed by atoms with E-state index in [-0.39, 0.29) is 0 Å². The molecule has 0 amide bonds. The molecule has 1 saturated heterocycles. The van der Waals surface area contributed by atoms with Crippen molar-refractivity contribution in [3.8, 4) is 0 Å². The normalized spacial score (nSPS) is 21.9. The highest BCUT2D eigenvalue weighted by molar-refractivity contribution is 7.07. The minimum Gasteiger partial charge on any atom is -0.354 e. The molecule has 0 radical (unpaired) electrons. The zero-order valence-electron chi connectivity index (χ0n) is 17.6. The second-order valence-corrected chi connectivity index (χ2v) is 8.29. The van der Waals surface area contributed by atoms with Crippen molar-refractivity contribution in [2.24, 2.45) is 10.9 Å². The van der Waals surface area contributed by atoms with E-state index in [4.69, 9.17) is 0 Å². The number of likely N-dealkylation sites (N-methyl/N-ethyl adjacent to an activating group) is 1. The smallest absolute Gasteiger partial charge is 0.193 e. The van der Waals surface area contributed by atoms with Gasteiger partial charge in [0.15, 0.2) is 5.96 Å². The van der Waals surface area contributed by atoms with Crippen molar-refractivity contribution >= 4 is 17.3 Å². The van der Waals surface area contributed by atoms with E-state index < -0.39 is 0 Å². The van der Waals surface area contributed by atoms with Crippen molar-refractivity contribution in [3.63, 3.8) is 0 Å². The molecule has 3 rings (SSSR count). The third-order valence-corrected chi connectivity index (χ3v) is 6.67. The number of rotatable bonds is 7. The number of hydrogen-bond donors (Lipinski definition) is 1. The first-order valence-corrected chi connectivity index (χ1v) is 11.3. The van der Waals surface area contributed by atoms with Crippen LogP contribution in [-0.2, 0) is 0 Å². The van der Waals surface area contributed by atoms with Crippen LogP contribution in [0.2, 0.25) is 0 Å². The summed E-state index contributed by atoms with van der Waals surface area (Å²) in [4.78, 5) is 13.8. The first-order chi connectivity index (χ1) is 13.7. The van der Waals surface area contributed by atoms with Crippen LogP contribution in [0.25, 0.3) is 0 Å². The van der Waals surface area contributed by atoms with Crippen LogP contribution < -0.4 is 5.32 Å². The Hall–Kier alpha value is -1.86. The summed E-state index contributed by atoms with van der Waals surface area (Å²) in [6, 6.07) is 3.05. The largest absolute Gasteiger partial charge is 0.354 e. The quantitative estimate of drug-likeness (QED) is 0.569. The topological polar surface area (TPSA) is 48.7 Å². The molecule has 3 heterocycles. The number of piperidine rings is 1. The van der Waals surface area contributed by atoms with Gasteiger partial charge in [-0.1, -0.05) is 20.8 Å². The van der Waals surface area contributed by atoms with E-state index in [0.29, 0.717) is 18.0 Å². The van der Waals surface area contributed by atoms with E-state index >= 15 is 0 Å². The third kappa shape index (κ3) is 4.75. The maximum absolute atomic E-state index is 4.61. The number of hydrogen-bond acceptors (Lipinski definition) is 4. The van der Waals surface area contributed by atoms with Gasteiger partial charge in [0.2, 0.25) is 0 Å². The Kier molecular flexibility index (Phi) is 7.50. The van der Waals surface area contributed by atoms with E-state index in [1.54, 1.807) is 11.3 Å². The molecular formula is C21H34N6S. The van der Waals surface area contributed by atoms with Crippen LogP contribution in [-0.4, -0.2) is 65.1 Å². The Morgan fingerprint density at radius 1 is 1.43 bits per heavy atom. The van der Waals surface area contributed by atoms with Gasteiger partial charge in [0.1, 0.15) is 0 Å². The summed E-state index contributed by atoms with van der Waals surface area (Å²) < 4.78 is 2.24. The number of thiophene rings is 1. The standard InChI is InChI=1S/C21H34N6S/c1-5-25(6-2)19(18-8-12-28-15-18)13-24-21(22-4)26-10-7-17(3)20(14-26)27-11-9-23-16-27/h8-9,11-12,15-17,19-20H,5-7,10,13-14H2,1-4H3,(H,22,24). The highest BCUT2D eigenvalue weighted by Gasteiger charge is 2.29. The molecular weight excluding hydrogens is 368 g/mol. The summed E-state index contributed by atoms with van der Waals surface area (Å²) in [5, 5.41) is 8.11. The van der Waals surface area contributed by atoms with Gasteiger partial charge in [-0.25, -0.2) is 4.98 Å². The Labute approximate surface area is 173 Å². The summed E-state index contributed by atoms with van der Waals surface area (Å²) >= 11 is 1.77. The van der Waals surface area contributed by atoms with Gasteiger partial charge in [-0.05, 0) is 47.8 Å². The van der Waals surface area contributed by atoms with Crippen LogP contribution in [0.1, 0.15) is 44.8 Å². The number of aromatic nitrogens is 2. The molecule has 154 valence electrons. The van der Waals surface area contributed by atoms with Crippen LogP contribution in [0.5, 0.6) is 0 Å². The number of aliphatic imine (C=N–C) groups is 1. The average molecular weight is 403 g/mol. The Morgan fingerprint density at radius 2 is 2.25 bits per heavy atom. The molecule has 1 N–H and O–H groups in total. The first kappa shape index (κ1) is 20.9. The Morgan fingerprint density at radius 3 is 2.86 bits per heavy atom. The second kappa shape index (κ2) is 10.1. The summed E-state index contributed by atoms with van der Waals surface area (Å²) in [5.74, 6) is 1.64. The highest BCUT2D eigenvalue weighted by Crippen LogP contribution is 2.28. The van der Waals surface area contributed by atoms with Crippen LogP contribution in [0.15, 0.2) is 40.5 Å². The molecule has 1 fully saturated rings. The third-order valence-electron chi connectivity index (χ3n) is 5.97. The monoisotopic (exact) mass is 402 g/mol. The SMILES string of the molecule is CCN(CC)C(CNC(=NC)N1CCC(C)C(n2ccnc2)C1)c1ccsc1. The van der Waals surface area contributed by atoms with Crippen LogP contribution in [0.3, 0.4) is 0 Å². The molecule has 3 atom stereocenters. The molecule has 6 nitrogen and oxygen atoms in total. The fraction of sp³-hybridized carbons (Fsp3) is 0.619. The molecule has 0 bridgehead atoms. The molecule has 1 aliphatic rings. The lowest BCUT2D eigenvalue weighted by Crippen LogP contribution is -2.50. The van der Waals surface area contributed by atoms with Gasteiger partial charge in [-0.3, -0.25) is 9.89 Å². The van der Waals surface area contributed by atoms with Crippen molar-refractivity contribution < 1.29 is 0 Å². The lowest BCUT2D eigenvalue weighted by molar-refractivity contribution is 0.184. The maximum atomic E-state index is 4.61. The van der Waals surface area contributed by atoms with Gasteiger partial charge in [0.05, 0.1) is 18.4 Å². The molecule has 0 aromatic carbocycles. The van der Waals surface area contributed by atoms with E-state index in [1.807, 2.05) is 19.6 Å². The van der Waals surface area contributed by atoms with E-state index in [1.165, 1.54) is 5.56 Å². The zero-order chi connectivity index (χ0) is 19.9. The van der Waals surface area contributed by atoms with Gasteiger partial charge in [0, 0.05) is 39.1 Å². The van der Waals surface area contributed by atoms with Gasteiger partial charge >= 0.3 is 0 Å². The molecule has 1 aliphatic heterocycles. The average Bonchev–Trinajstić information content (AvgIpc) is 3.43. The molecule has 2 aromatic rings. The fourth-order valence-corrected chi connectivity index (χ4v) is 4.91. The van der Waals surface area contributed by atoms with Gasteiger partial charge in [-0.2, -0.15) is 11.3 Å². The van der Waals surface area contributed by atoms with E-state index in [2.05, 4.69) is 73.5 Å². The first-order valence-electron chi connectivity index (χ1n) is 10.4. The van der Waals surface area contributed by atoms with Crippen LogP contribution >= 0.6 is 11.3 Å². The van der Waals surface area contributed by atoms with Crippen molar-refractivity contribution in [2.75, 3.05) is 39.8 Å². The summed E-state index contributed by atoms with van der Waals surface area (Å²) in [6.45, 7) is 11.8. The van der Waals surface area contributed by atoms with Crippen molar-refractivity contribution in [1.82, 2.24) is 24.7 Å². The number of guanidine groups is 1. The van der Waals surface area contributed by atoms with Crippen LogP contribution in [0.4, 0.5) is 0 Å². The molecule has 3 unspecified atom stereocenters. The number of nitrogens with zero attached hydrogens (tertiary/aromatic N) is 5. The number of nitrogens with one attached hydrogen (secondary N) is 1. The van der Waals surface area contributed by atoms with Gasteiger partial charge < -0.3 is 14.8 Å². The number of imidazole rings is 1. The number of likely N-dealkylation sites (tertiary alicyclic amines) is 1. The van der Waals surface area contributed by atoms with E-state index in [9.17, 15) is 0 Å². The maximum Gasteiger partial charge on any atom is 0.193 e.